The van der Waals surface area contributed by atoms with Crippen LogP contribution in [0.2, 0.25) is 0 Å². The van der Waals surface area contributed by atoms with Crippen molar-refractivity contribution in [2.75, 3.05) is 7.11 Å². The van der Waals surface area contributed by atoms with Gasteiger partial charge in [0, 0.05) is 17.0 Å². The van der Waals surface area contributed by atoms with Gasteiger partial charge in [-0.15, -0.1) is 11.6 Å². The predicted molar refractivity (Wildman–Crippen MR) is 54.4 cm³/mol. The van der Waals surface area contributed by atoms with E-state index >= 15 is 0 Å². The lowest BCUT2D eigenvalue weighted by Crippen LogP contribution is -2.11. The van der Waals surface area contributed by atoms with Crippen LogP contribution < -0.4 is 0 Å². The highest BCUT2D eigenvalue weighted by atomic mass is 35.5. The first-order valence-electron chi connectivity index (χ1n) is 4.58. The van der Waals surface area contributed by atoms with Gasteiger partial charge in [-0.05, 0) is 0 Å². The monoisotopic (exact) mass is 267 g/mol. The number of esters is 1. The number of hydrogen-bond acceptors (Lipinski definition) is 3. The molecule has 0 saturated carbocycles. The van der Waals surface area contributed by atoms with Gasteiger partial charge in [0.25, 0.3) is 6.43 Å². The number of ether oxygens (including phenoxy) is 1. The Morgan fingerprint density at radius 2 is 2.18 bits per heavy atom. The molecule has 0 amide bonds. The molecule has 7 heteroatoms. The Kier molecular flexibility index (Phi) is 4.74. The minimum absolute atomic E-state index is 0.160. The van der Waals surface area contributed by atoms with Crippen molar-refractivity contribution in [3.63, 3.8) is 0 Å². The highest BCUT2D eigenvalue weighted by molar-refractivity contribution is 6.17. The van der Waals surface area contributed by atoms with Gasteiger partial charge < -0.3 is 4.74 Å². The van der Waals surface area contributed by atoms with Crippen LogP contribution >= 0.6 is 11.6 Å². The Balaban J connectivity index is 3.25. The SMILES string of the molecule is COC(=O)Cc1c(F)cnc(C(F)F)c1CCl. The van der Waals surface area contributed by atoms with Crippen LogP contribution in [0.1, 0.15) is 23.2 Å². The van der Waals surface area contributed by atoms with Crippen molar-refractivity contribution in [2.45, 2.75) is 18.7 Å². The van der Waals surface area contributed by atoms with Gasteiger partial charge >= 0.3 is 5.97 Å². The van der Waals surface area contributed by atoms with Crippen molar-refractivity contribution in [1.29, 1.82) is 0 Å². The number of pyridine rings is 1. The molecule has 0 spiro atoms. The van der Waals surface area contributed by atoms with E-state index < -0.39 is 30.3 Å². The summed E-state index contributed by atoms with van der Waals surface area (Å²) in [6, 6.07) is 0. The van der Waals surface area contributed by atoms with Crippen LogP contribution in [-0.4, -0.2) is 18.1 Å². The Hall–Kier alpha value is -1.30. The van der Waals surface area contributed by atoms with E-state index in [1.807, 2.05) is 0 Å². The molecule has 0 aliphatic rings. The molecule has 1 rings (SSSR count). The van der Waals surface area contributed by atoms with Gasteiger partial charge in [-0.2, -0.15) is 0 Å². The van der Waals surface area contributed by atoms with Gasteiger partial charge in [-0.1, -0.05) is 0 Å². The fourth-order valence-electron chi connectivity index (χ4n) is 1.33. The van der Waals surface area contributed by atoms with Gasteiger partial charge in [0.1, 0.15) is 11.5 Å². The zero-order chi connectivity index (χ0) is 13.0. The van der Waals surface area contributed by atoms with Gasteiger partial charge in [-0.3, -0.25) is 9.78 Å². The van der Waals surface area contributed by atoms with E-state index in [1.54, 1.807) is 0 Å². The van der Waals surface area contributed by atoms with E-state index in [0.717, 1.165) is 7.11 Å². The standard InChI is InChI=1S/C10H9ClF3NO2/c1-17-8(16)2-5-6(3-11)9(10(13)14)15-4-7(5)12/h4,10H,2-3H2,1H3. The van der Waals surface area contributed by atoms with Gasteiger partial charge in [-0.25, -0.2) is 13.2 Å². The molecule has 1 aromatic rings. The maximum absolute atomic E-state index is 13.4. The number of rotatable bonds is 4. The molecule has 0 aliphatic carbocycles. The molecule has 0 saturated heterocycles. The number of halogens is 4. The number of methoxy groups -OCH3 is 1. The summed E-state index contributed by atoms with van der Waals surface area (Å²) in [5, 5.41) is 0. The van der Waals surface area contributed by atoms with Crippen LogP contribution in [0.4, 0.5) is 13.2 Å². The van der Waals surface area contributed by atoms with Crippen molar-refractivity contribution in [3.05, 3.63) is 28.8 Å². The molecule has 0 unspecified atom stereocenters. The number of hydrogen-bond donors (Lipinski definition) is 0. The largest absolute Gasteiger partial charge is 0.469 e. The summed E-state index contributed by atoms with van der Waals surface area (Å²) in [6.45, 7) is 0. The van der Waals surface area contributed by atoms with E-state index in [4.69, 9.17) is 11.6 Å². The lowest BCUT2D eigenvalue weighted by molar-refractivity contribution is -0.139. The molecule has 0 radical (unpaired) electrons. The molecule has 1 heterocycles. The van der Waals surface area contributed by atoms with Crippen molar-refractivity contribution >= 4 is 17.6 Å². The lowest BCUT2D eigenvalue weighted by Gasteiger charge is -2.11. The molecule has 0 bridgehead atoms. The Labute approximate surface area is 101 Å². The molecular formula is C10H9ClF3NO2. The summed E-state index contributed by atoms with van der Waals surface area (Å²) in [5.41, 5.74) is -0.968. The number of nitrogens with zero attached hydrogens (tertiary/aromatic N) is 1. The quantitative estimate of drug-likeness (QED) is 0.622. The molecule has 17 heavy (non-hydrogen) atoms. The van der Waals surface area contributed by atoms with Crippen LogP contribution in [0, 0.1) is 5.82 Å². The first-order chi connectivity index (χ1) is 8.01. The maximum atomic E-state index is 13.4. The van der Waals surface area contributed by atoms with Crippen LogP contribution in [0.15, 0.2) is 6.20 Å². The summed E-state index contributed by atoms with van der Waals surface area (Å²) in [7, 11) is 1.12. The first-order valence-corrected chi connectivity index (χ1v) is 5.11. The number of carbonyl (C=O) groups excluding carboxylic acids is 1. The molecule has 0 N–H and O–H groups in total. The van der Waals surface area contributed by atoms with Crippen LogP contribution in [0.3, 0.4) is 0 Å². The van der Waals surface area contributed by atoms with Crippen molar-refractivity contribution in [2.24, 2.45) is 0 Å². The van der Waals surface area contributed by atoms with Gasteiger partial charge in [0.05, 0.1) is 19.7 Å². The summed E-state index contributed by atoms with van der Waals surface area (Å²) >= 11 is 5.49. The second-order valence-corrected chi connectivity index (χ2v) is 3.40. The van der Waals surface area contributed by atoms with Crippen molar-refractivity contribution in [3.8, 4) is 0 Å². The number of alkyl halides is 3. The van der Waals surface area contributed by atoms with Crippen molar-refractivity contribution < 1.29 is 22.7 Å². The number of aromatic nitrogens is 1. The lowest BCUT2D eigenvalue weighted by atomic mass is 10.0. The molecule has 0 aliphatic heterocycles. The van der Waals surface area contributed by atoms with Crippen LogP contribution in [0.25, 0.3) is 0 Å². The average Bonchev–Trinajstić information content (AvgIpc) is 2.30. The fourth-order valence-corrected chi connectivity index (χ4v) is 1.62. The fraction of sp³-hybridized carbons (Fsp3) is 0.400. The Bertz CT molecular complexity index is 426. The summed E-state index contributed by atoms with van der Waals surface area (Å²) in [6.07, 6.45) is -2.68. The second-order valence-electron chi connectivity index (χ2n) is 3.14. The molecular weight excluding hydrogens is 259 g/mol. The third kappa shape index (κ3) is 3.09. The zero-order valence-corrected chi connectivity index (χ0v) is 9.60. The van der Waals surface area contributed by atoms with E-state index in [2.05, 4.69) is 9.72 Å². The summed E-state index contributed by atoms with van der Waals surface area (Å²) < 4.78 is 42.9. The highest BCUT2D eigenvalue weighted by Gasteiger charge is 2.22. The zero-order valence-electron chi connectivity index (χ0n) is 8.84. The van der Waals surface area contributed by atoms with Crippen LogP contribution in [-0.2, 0) is 21.8 Å². The van der Waals surface area contributed by atoms with E-state index in [1.165, 1.54) is 0 Å². The second kappa shape index (κ2) is 5.86. The molecule has 0 fully saturated rings. The minimum Gasteiger partial charge on any atom is -0.469 e. The van der Waals surface area contributed by atoms with Crippen molar-refractivity contribution in [1.82, 2.24) is 4.98 Å². The maximum Gasteiger partial charge on any atom is 0.310 e. The smallest absolute Gasteiger partial charge is 0.310 e. The highest BCUT2D eigenvalue weighted by Crippen LogP contribution is 2.26. The molecule has 94 valence electrons. The molecule has 0 aromatic carbocycles. The Morgan fingerprint density at radius 1 is 1.53 bits per heavy atom. The Morgan fingerprint density at radius 3 is 2.65 bits per heavy atom. The molecule has 3 nitrogen and oxygen atoms in total. The van der Waals surface area contributed by atoms with Gasteiger partial charge in [0.15, 0.2) is 0 Å². The van der Waals surface area contributed by atoms with E-state index in [0.29, 0.717) is 6.20 Å². The summed E-state index contributed by atoms with van der Waals surface area (Å²) in [4.78, 5) is 14.3. The van der Waals surface area contributed by atoms with Crippen LogP contribution in [0.5, 0.6) is 0 Å². The van der Waals surface area contributed by atoms with Gasteiger partial charge in [0.2, 0.25) is 0 Å². The number of carbonyl (C=O) groups is 1. The predicted octanol–water partition coefficient (Wildman–Crippen LogP) is 2.61. The average molecular weight is 268 g/mol. The third-order valence-electron chi connectivity index (χ3n) is 2.17. The first kappa shape index (κ1) is 13.8. The molecule has 1 aromatic heterocycles. The molecule has 0 atom stereocenters. The normalized spacial score (nSPS) is 10.7. The third-order valence-corrected chi connectivity index (χ3v) is 2.44. The minimum atomic E-state index is -2.87. The topological polar surface area (TPSA) is 39.2 Å². The summed E-state index contributed by atoms with van der Waals surface area (Å²) in [5.74, 6) is -1.94. The van der Waals surface area contributed by atoms with E-state index in [-0.39, 0.29) is 17.0 Å². The van der Waals surface area contributed by atoms with E-state index in [9.17, 15) is 18.0 Å².